The fourth-order valence-corrected chi connectivity index (χ4v) is 2.01. The Morgan fingerprint density at radius 2 is 2.27 bits per heavy atom. The lowest BCUT2D eigenvalue weighted by Gasteiger charge is -2.13. The molecule has 1 saturated heterocycles. The summed E-state index contributed by atoms with van der Waals surface area (Å²) in [6.45, 7) is 2.69. The Kier molecular flexibility index (Phi) is 2.62. The predicted octanol–water partition coefficient (Wildman–Crippen LogP) is 1.54. The highest BCUT2D eigenvalue weighted by molar-refractivity contribution is 5.82. The van der Waals surface area contributed by atoms with Gasteiger partial charge in [0.15, 0.2) is 0 Å². The number of amides is 1. The first kappa shape index (κ1) is 10.0. The largest absolute Gasteiger partial charge is 0.497 e. The molecule has 0 radical (unpaired) electrons. The Labute approximate surface area is 89.4 Å². The molecule has 0 aromatic heterocycles. The third-order valence-electron chi connectivity index (χ3n) is 3.04. The SMILES string of the molecule is COc1cccc([C@H]2CNC(=O)[C@@H]2C)c1. The van der Waals surface area contributed by atoms with Gasteiger partial charge < -0.3 is 10.1 Å². The fraction of sp³-hybridized carbons (Fsp3) is 0.417. The first-order valence-electron chi connectivity index (χ1n) is 5.14. The molecule has 1 aromatic carbocycles. The highest BCUT2D eigenvalue weighted by atomic mass is 16.5. The van der Waals surface area contributed by atoms with Gasteiger partial charge in [-0.05, 0) is 17.7 Å². The van der Waals surface area contributed by atoms with E-state index >= 15 is 0 Å². The van der Waals surface area contributed by atoms with Crippen molar-refractivity contribution in [2.75, 3.05) is 13.7 Å². The first-order chi connectivity index (χ1) is 7.22. The summed E-state index contributed by atoms with van der Waals surface area (Å²) >= 11 is 0. The van der Waals surface area contributed by atoms with Crippen molar-refractivity contribution in [2.24, 2.45) is 5.92 Å². The van der Waals surface area contributed by atoms with Gasteiger partial charge in [0.1, 0.15) is 5.75 Å². The molecule has 3 nitrogen and oxygen atoms in total. The maximum Gasteiger partial charge on any atom is 0.223 e. The van der Waals surface area contributed by atoms with Gasteiger partial charge in [-0.2, -0.15) is 0 Å². The van der Waals surface area contributed by atoms with E-state index in [1.165, 1.54) is 5.56 Å². The molecule has 0 aliphatic carbocycles. The van der Waals surface area contributed by atoms with E-state index in [0.717, 1.165) is 12.3 Å². The van der Waals surface area contributed by atoms with Crippen LogP contribution in [-0.2, 0) is 4.79 Å². The van der Waals surface area contributed by atoms with Crippen molar-refractivity contribution >= 4 is 5.91 Å². The van der Waals surface area contributed by atoms with E-state index in [0.29, 0.717) is 0 Å². The second kappa shape index (κ2) is 3.93. The van der Waals surface area contributed by atoms with Gasteiger partial charge in [0.05, 0.1) is 7.11 Å². The van der Waals surface area contributed by atoms with Gasteiger partial charge in [-0.3, -0.25) is 4.79 Å². The molecule has 1 fully saturated rings. The molecular formula is C12H15NO2. The molecule has 0 bridgehead atoms. The van der Waals surface area contributed by atoms with Crippen LogP contribution in [0.4, 0.5) is 0 Å². The van der Waals surface area contributed by atoms with Crippen LogP contribution in [0.1, 0.15) is 18.4 Å². The smallest absolute Gasteiger partial charge is 0.223 e. The highest BCUT2D eigenvalue weighted by Crippen LogP contribution is 2.30. The molecule has 1 heterocycles. The van der Waals surface area contributed by atoms with Crippen LogP contribution in [0.5, 0.6) is 5.75 Å². The number of rotatable bonds is 2. The highest BCUT2D eigenvalue weighted by Gasteiger charge is 2.31. The molecule has 0 unspecified atom stereocenters. The third kappa shape index (κ3) is 1.82. The second-order valence-corrected chi connectivity index (χ2v) is 3.92. The van der Waals surface area contributed by atoms with Crippen molar-refractivity contribution < 1.29 is 9.53 Å². The van der Waals surface area contributed by atoms with Crippen molar-refractivity contribution in [1.29, 1.82) is 0 Å². The average Bonchev–Trinajstić information content (AvgIpc) is 2.60. The van der Waals surface area contributed by atoms with Crippen LogP contribution >= 0.6 is 0 Å². The first-order valence-corrected chi connectivity index (χ1v) is 5.14. The molecule has 3 heteroatoms. The zero-order valence-electron chi connectivity index (χ0n) is 8.99. The quantitative estimate of drug-likeness (QED) is 0.795. The zero-order valence-corrected chi connectivity index (χ0v) is 8.99. The van der Waals surface area contributed by atoms with E-state index < -0.39 is 0 Å². The Bertz CT molecular complexity index is 376. The lowest BCUT2D eigenvalue weighted by Crippen LogP contribution is -2.16. The molecule has 2 rings (SSSR count). The summed E-state index contributed by atoms with van der Waals surface area (Å²) in [5.41, 5.74) is 1.17. The number of benzene rings is 1. The summed E-state index contributed by atoms with van der Waals surface area (Å²) in [7, 11) is 1.65. The van der Waals surface area contributed by atoms with Gasteiger partial charge in [0, 0.05) is 18.4 Å². The molecule has 2 atom stereocenters. The normalized spacial score (nSPS) is 25.1. The summed E-state index contributed by atoms with van der Waals surface area (Å²) in [6.07, 6.45) is 0. The zero-order chi connectivity index (χ0) is 10.8. The number of carbonyl (C=O) groups is 1. The van der Waals surface area contributed by atoms with E-state index in [2.05, 4.69) is 5.32 Å². The number of hydrogen-bond donors (Lipinski definition) is 1. The Morgan fingerprint density at radius 3 is 2.87 bits per heavy atom. The molecular weight excluding hydrogens is 190 g/mol. The minimum Gasteiger partial charge on any atom is -0.497 e. The van der Waals surface area contributed by atoms with Gasteiger partial charge >= 0.3 is 0 Å². The maximum atomic E-state index is 11.4. The maximum absolute atomic E-state index is 11.4. The lowest BCUT2D eigenvalue weighted by atomic mass is 9.90. The van der Waals surface area contributed by atoms with E-state index in [1.807, 2.05) is 31.2 Å². The lowest BCUT2D eigenvalue weighted by molar-refractivity contribution is -0.122. The molecule has 1 aliphatic rings. The number of methoxy groups -OCH3 is 1. The van der Waals surface area contributed by atoms with Crippen LogP contribution in [0.15, 0.2) is 24.3 Å². The van der Waals surface area contributed by atoms with Crippen LogP contribution in [0.2, 0.25) is 0 Å². The third-order valence-corrected chi connectivity index (χ3v) is 3.04. The predicted molar refractivity (Wildman–Crippen MR) is 57.9 cm³/mol. The van der Waals surface area contributed by atoms with E-state index in [1.54, 1.807) is 7.11 Å². The summed E-state index contributed by atoms with van der Waals surface area (Å²) < 4.78 is 5.17. The number of nitrogens with one attached hydrogen (secondary N) is 1. The molecule has 1 aromatic rings. The fourth-order valence-electron chi connectivity index (χ4n) is 2.01. The van der Waals surface area contributed by atoms with Crippen molar-refractivity contribution in [3.05, 3.63) is 29.8 Å². The van der Waals surface area contributed by atoms with E-state index in [-0.39, 0.29) is 17.7 Å². The van der Waals surface area contributed by atoms with Gasteiger partial charge in [-0.15, -0.1) is 0 Å². The molecule has 1 N–H and O–H groups in total. The van der Waals surface area contributed by atoms with Crippen molar-refractivity contribution in [2.45, 2.75) is 12.8 Å². The number of carbonyl (C=O) groups excluding carboxylic acids is 1. The van der Waals surface area contributed by atoms with Crippen LogP contribution in [-0.4, -0.2) is 19.6 Å². The molecule has 80 valence electrons. The molecule has 15 heavy (non-hydrogen) atoms. The van der Waals surface area contributed by atoms with Crippen molar-refractivity contribution in [3.63, 3.8) is 0 Å². The average molecular weight is 205 g/mol. The second-order valence-electron chi connectivity index (χ2n) is 3.92. The van der Waals surface area contributed by atoms with Gasteiger partial charge in [0.2, 0.25) is 5.91 Å². The van der Waals surface area contributed by atoms with Gasteiger partial charge in [0.25, 0.3) is 0 Å². The standard InChI is InChI=1S/C12H15NO2/c1-8-11(7-13-12(8)14)9-4-3-5-10(6-9)15-2/h3-6,8,11H,7H2,1-2H3,(H,13,14)/t8-,11+/m1/s1. The minimum absolute atomic E-state index is 0.0529. The van der Waals surface area contributed by atoms with Gasteiger partial charge in [-0.25, -0.2) is 0 Å². The van der Waals surface area contributed by atoms with Crippen LogP contribution in [0.25, 0.3) is 0 Å². The van der Waals surface area contributed by atoms with Crippen molar-refractivity contribution in [1.82, 2.24) is 5.32 Å². The minimum atomic E-state index is 0.0529. The monoisotopic (exact) mass is 205 g/mol. The summed E-state index contributed by atoms with van der Waals surface area (Å²) in [6, 6.07) is 7.92. The van der Waals surface area contributed by atoms with E-state index in [4.69, 9.17) is 4.74 Å². The molecule has 0 saturated carbocycles. The van der Waals surface area contributed by atoms with Crippen LogP contribution in [0, 0.1) is 5.92 Å². The van der Waals surface area contributed by atoms with Crippen molar-refractivity contribution in [3.8, 4) is 5.75 Å². The Hall–Kier alpha value is -1.51. The van der Waals surface area contributed by atoms with Crippen LogP contribution in [0.3, 0.4) is 0 Å². The molecule has 0 spiro atoms. The molecule has 1 amide bonds. The summed E-state index contributed by atoms with van der Waals surface area (Å²) in [4.78, 5) is 11.4. The number of hydrogen-bond acceptors (Lipinski definition) is 2. The molecule has 1 aliphatic heterocycles. The van der Waals surface area contributed by atoms with Crippen LogP contribution < -0.4 is 10.1 Å². The van der Waals surface area contributed by atoms with E-state index in [9.17, 15) is 4.79 Å². The Morgan fingerprint density at radius 1 is 1.47 bits per heavy atom. The van der Waals surface area contributed by atoms with Gasteiger partial charge in [-0.1, -0.05) is 19.1 Å². The Balaban J connectivity index is 2.26. The summed E-state index contributed by atoms with van der Waals surface area (Å²) in [5.74, 6) is 1.31. The topological polar surface area (TPSA) is 38.3 Å². The summed E-state index contributed by atoms with van der Waals surface area (Å²) in [5, 5.41) is 2.88. The number of ether oxygens (including phenoxy) is 1.